The van der Waals surface area contributed by atoms with Gasteiger partial charge in [-0.05, 0) is 20.8 Å². The molecule has 0 radical (unpaired) electrons. The van der Waals surface area contributed by atoms with Crippen molar-refractivity contribution in [1.29, 1.82) is 0 Å². The summed E-state index contributed by atoms with van der Waals surface area (Å²) in [4.78, 5) is 10.7. The zero-order chi connectivity index (χ0) is 11.1. The largest absolute Gasteiger partial charge is 0.376 e. The lowest BCUT2D eigenvalue weighted by Crippen LogP contribution is -2.60. The Bertz CT molecular complexity index is 136. The van der Waals surface area contributed by atoms with Gasteiger partial charge >= 0.3 is 0 Å². The van der Waals surface area contributed by atoms with Crippen molar-refractivity contribution in [3.8, 4) is 0 Å². The van der Waals surface area contributed by atoms with Crippen LogP contribution < -0.4 is 5.53 Å². The second kappa shape index (κ2) is 7.10. The molecule has 0 aromatic rings. The smallest absolute Gasteiger partial charge is 0.0906 e. The molecule has 0 saturated carbocycles. The van der Waals surface area contributed by atoms with Crippen molar-refractivity contribution >= 4 is 0 Å². The van der Waals surface area contributed by atoms with Crippen LogP contribution in [-0.4, -0.2) is 49.4 Å². The average Bonchev–Trinajstić information content (AvgIpc) is 2.19. The first-order valence-corrected chi connectivity index (χ1v) is 5.48. The van der Waals surface area contributed by atoms with E-state index in [9.17, 15) is 0 Å². The fourth-order valence-corrected chi connectivity index (χ4v) is 1.45. The van der Waals surface area contributed by atoms with Crippen molar-refractivity contribution in [3.63, 3.8) is 0 Å². The van der Waals surface area contributed by atoms with Gasteiger partial charge in [0.1, 0.15) is 0 Å². The molecule has 0 amide bonds. The minimum Gasteiger partial charge on any atom is -0.376 e. The number of hydrogen-bond acceptors (Lipinski definition) is 6. The van der Waals surface area contributed by atoms with Crippen molar-refractivity contribution in [1.82, 2.24) is 15.9 Å². The summed E-state index contributed by atoms with van der Waals surface area (Å²) in [5.74, 6) is 0. The number of ether oxygens (including phenoxy) is 1. The Morgan fingerprint density at radius 2 is 1.53 bits per heavy atom. The van der Waals surface area contributed by atoms with Crippen molar-refractivity contribution in [2.75, 3.05) is 32.9 Å². The quantitative estimate of drug-likeness (QED) is 0.694. The van der Waals surface area contributed by atoms with Crippen LogP contribution in [0.2, 0.25) is 0 Å². The monoisotopic (exact) mass is 219 g/mol. The van der Waals surface area contributed by atoms with Gasteiger partial charge in [-0.15, -0.1) is 15.9 Å². The van der Waals surface area contributed by atoms with E-state index in [0.29, 0.717) is 32.9 Å². The Hall–Kier alpha value is -0.240. The van der Waals surface area contributed by atoms with Crippen LogP contribution in [0.15, 0.2) is 0 Å². The molecular formula is C9H21N3O3. The Kier molecular flexibility index (Phi) is 6.07. The summed E-state index contributed by atoms with van der Waals surface area (Å²) in [6.07, 6.45) is 0.106. The summed E-state index contributed by atoms with van der Waals surface area (Å²) in [6, 6.07) is 0. The highest BCUT2D eigenvalue weighted by Gasteiger charge is 2.26. The topological polar surface area (TPSA) is 46.2 Å². The maximum atomic E-state index is 5.55. The standard InChI is InChI=1S/C9H21N3O3/c1-4-13-9-7-11(14-5-2)10-12(8-9)15-6-3/h9-10H,4-8H2,1-3H3. The van der Waals surface area contributed by atoms with E-state index in [1.54, 1.807) is 10.3 Å². The fraction of sp³-hybridized carbons (Fsp3) is 1.00. The fourth-order valence-electron chi connectivity index (χ4n) is 1.45. The van der Waals surface area contributed by atoms with E-state index in [0.717, 1.165) is 0 Å². The van der Waals surface area contributed by atoms with Crippen molar-refractivity contribution in [3.05, 3.63) is 0 Å². The first-order chi connectivity index (χ1) is 7.30. The second-order valence-corrected chi connectivity index (χ2v) is 3.14. The molecule has 0 aliphatic carbocycles. The van der Waals surface area contributed by atoms with E-state index < -0.39 is 0 Å². The summed E-state index contributed by atoms with van der Waals surface area (Å²) < 4.78 is 5.55. The third-order valence-electron chi connectivity index (χ3n) is 1.93. The van der Waals surface area contributed by atoms with Crippen LogP contribution in [0.5, 0.6) is 0 Å². The predicted octanol–water partition coefficient (Wildman–Crippen LogP) is 0.332. The van der Waals surface area contributed by atoms with Gasteiger partial charge in [0.25, 0.3) is 0 Å². The second-order valence-electron chi connectivity index (χ2n) is 3.14. The molecule has 90 valence electrons. The van der Waals surface area contributed by atoms with Crippen LogP contribution >= 0.6 is 0 Å². The minimum absolute atomic E-state index is 0.106. The van der Waals surface area contributed by atoms with Gasteiger partial charge in [-0.3, -0.25) is 9.68 Å². The lowest BCUT2D eigenvalue weighted by atomic mass is 10.3. The number of nitrogens with zero attached hydrogens (tertiary/aromatic N) is 2. The maximum Gasteiger partial charge on any atom is 0.0906 e. The molecule has 6 heteroatoms. The molecular weight excluding hydrogens is 198 g/mol. The summed E-state index contributed by atoms with van der Waals surface area (Å²) in [6.45, 7) is 9.20. The maximum absolute atomic E-state index is 5.55. The van der Waals surface area contributed by atoms with Gasteiger partial charge in [-0.2, -0.15) is 0 Å². The van der Waals surface area contributed by atoms with E-state index in [2.05, 4.69) is 5.53 Å². The molecule has 6 nitrogen and oxygen atoms in total. The first-order valence-electron chi connectivity index (χ1n) is 5.48. The highest BCUT2D eigenvalue weighted by atomic mass is 16.8. The van der Waals surface area contributed by atoms with Crippen LogP contribution in [0.25, 0.3) is 0 Å². The van der Waals surface area contributed by atoms with Crippen LogP contribution in [-0.2, 0) is 14.4 Å². The lowest BCUT2D eigenvalue weighted by molar-refractivity contribution is -0.348. The Balaban J connectivity index is 2.40. The Morgan fingerprint density at radius 1 is 1.00 bits per heavy atom. The van der Waals surface area contributed by atoms with E-state index in [4.69, 9.17) is 14.4 Å². The molecule has 1 N–H and O–H groups in total. The third-order valence-corrected chi connectivity index (χ3v) is 1.93. The van der Waals surface area contributed by atoms with Crippen LogP contribution in [0.3, 0.4) is 0 Å². The molecule has 0 spiro atoms. The van der Waals surface area contributed by atoms with Gasteiger partial charge in [0, 0.05) is 6.61 Å². The molecule has 1 heterocycles. The normalized spacial score (nSPS) is 21.0. The number of hydroxylamine groups is 2. The van der Waals surface area contributed by atoms with E-state index >= 15 is 0 Å². The molecule has 1 fully saturated rings. The Labute approximate surface area is 90.9 Å². The predicted molar refractivity (Wildman–Crippen MR) is 55.2 cm³/mol. The molecule has 1 saturated heterocycles. The molecule has 1 rings (SSSR count). The van der Waals surface area contributed by atoms with E-state index in [1.165, 1.54) is 0 Å². The zero-order valence-corrected chi connectivity index (χ0v) is 9.73. The third kappa shape index (κ3) is 4.42. The van der Waals surface area contributed by atoms with Gasteiger partial charge in [-0.25, -0.2) is 0 Å². The molecule has 0 aromatic heterocycles. The summed E-state index contributed by atoms with van der Waals surface area (Å²) in [5.41, 5.74) is 2.99. The van der Waals surface area contributed by atoms with E-state index in [-0.39, 0.29) is 6.10 Å². The summed E-state index contributed by atoms with van der Waals surface area (Å²) in [5, 5.41) is 3.28. The van der Waals surface area contributed by atoms with Gasteiger partial charge in [0.2, 0.25) is 0 Å². The van der Waals surface area contributed by atoms with Gasteiger partial charge in [-0.1, -0.05) is 0 Å². The lowest BCUT2D eigenvalue weighted by Gasteiger charge is -2.37. The highest BCUT2D eigenvalue weighted by Crippen LogP contribution is 2.06. The number of hydrogen-bond donors (Lipinski definition) is 1. The molecule has 0 atom stereocenters. The number of nitrogens with one attached hydrogen (secondary N) is 1. The highest BCUT2D eigenvalue weighted by molar-refractivity contribution is 4.65. The minimum atomic E-state index is 0.106. The number of rotatable bonds is 6. The van der Waals surface area contributed by atoms with Gasteiger partial charge in [0.05, 0.1) is 32.4 Å². The van der Waals surface area contributed by atoms with Crippen LogP contribution in [0, 0.1) is 0 Å². The van der Waals surface area contributed by atoms with Crippen LogP contribution in [0.1, 0.15) is 20.8 Å². The molecule has 0 aromatic carbocycles. The van der Waals surface area contributed by atoms with Gasteiger partial charge < -0.3 is 4.74 Å². The average molecular weight is 219 g/mol. The van der Waals surface area contributed by atoms with Crippen LogP contribution in [0.4, 0.5) is 0 Å². The Morgan fingerprint density at radius 3 is 1.93 bits per heavy atom. The van der Waals surface area contributed by atoms with E-state index in [1.807, 2.05) is 20.8 Å². The van der Waals surface area contributed by atoms with Crippen molar-refractivity contribution < 1.29 is 14.4 Å². The number of hydrazine groups is 2. The van der Waals surface area contributed by atoms with Gasteiger partial charge in [0.15, 0.2) is 0 Å². The molecule has 15 heavy (non-hydrogen) atoms. The summed E-state index contributed by atoms with van der Waals surface area (Å²) >= 11 is 0. The first kappa shape index (κ1) is 12.8. The van der Waals surface area contributed by atoms with Crippen molar-refractivity contribution in [2.24, 2.45) is 0 Å². The van der Waals surface area contributed by atoms with Crippen molar-refractivity contribution in [2.45, 2.75) is 26.9 Å². The summed E-state index contributed by atoms with van der Waals surface area (Å²) in [7, 11) is 0. The molecule has 1 aliphatic heterocycles. The zero-order valence-electron chi connectivity index (χ0n) is 9.73. The molecule has 0 bridgehead atoms. The molecule has 1 aliphatic rings. The molecule has 0 unspecified atom stereocenters. The SMILES string of the molecule is CCOC1CN(OCC)NN(OCC)C1.